The molecule has 1 N–H and O–H groups in total. The van der Waals surface area contributed by atoms with Crippen molar-refractivity contribution in [3.8, 4) is 5.75 Å². The average molecular weight is 443 g/mol. The van der Waals surface area contributed by atoms with Gasteiger partial charge in [-0.2, -0.15) is 5.11 Å². The minimum absolute atomic E-state index is 0.0128. The summed E-state index contributed by atoms with van der Waals surface area (Å²) in [6, 6.07) is 5.71. The van der Waals surface area contributed by atoms with Crippen molar-refractivity contribution in [1.29, 1.82) is 0 Å². The van der Waals surface area contributed by atoms with Crippen LogP contribution < -0.4 is 0 Å². The molecule has 134 valence electrons. The third-order valence-electron chi connectivity index (χ3n) is 3.10. The van der Waals surface area contributed by atoms with Gasteiger partial charge < -0.3 is 5.11 Å². The molecule has 0 amide bonds. The lowest BCUT2D eigenvalue weighted by Crippen LogP contribution is -2.21. The molecule has 6 nitrogen and oxygen atoms in total. The van der Waals surface area contributed by atoms with Crippen LogP contribution in [0.5, 0.6) is 5.75 Å². The molecule has 0 radical (unpaired) electrons. The second-order valence-electron chi connectivity index (χ2n) is 4.93. The monoisotopic (exact) mass is 441 g/mol. The summed E-state index contributed by atoms with van der Waals surface area (Å²) in [4.78, 5) is 0.114. The minimum Gasteiger partial charge on any atom is -0.505 e. The summed E-state index contributed by atoms with van der Waals surface area (Å²) < 4.78 is 25.1. The van der Waals surface area contributed by atoms with Gasteiger partial charge in [0.15, 0.2) is 5.75 Å². The van der Waals surface area contributed by atoms with Gasteiger partial charge in [-0.1, -0.05) is 46.4 Å². The van der Waals surface area contributed by atoms with E-state index < -0.39 is 15.8 Å². The van der Waals surface area contributed by atoms with Gasteiger partial charge in [0.2, 0.25) is 10.0 Å². The van der Waals surface area contributed by atoms with Crippen LogP contribution >= 0.6 is 46.4 Å². The standard InChI is InChI=1S/C14H11Cl4N3O3S/c1-21(2)25(23,24)8-5-3-7(4-6-8)19-20-13-9(15)11(17)14(22)12(18)10(13)16/h3-6,22H,1-2H3. The third kappa shape index (κ3) is 4.02. The molecule has 0 spiro atoms. The second kappa shape index (κ2) is 7.65. The number of phenols is 1. The Kier molecular flexibility index (Phi) is 6.19. The number of sulfonamides is 1. The highest BCUT2D eigenvalue weighted by Gasteiger charge is 2.20. The van der Waals surface area contributed by atoms with Crippen molar-refractivity contribution in [3.63, 3.8) is 0 Å². The molecule has 0 saturated heterocycles. The zero-order valence-corrected chi connectivity index (χ0v) is 16.7. The molecule has 11 heteroatoms. The number of hydrogen-bond donors (Lipinski definition) is 1. The van der Waals surface area contributed by atoms with Crippen molar-refractivity contribution in [2.45, 2.75) is 4.90 Å². The first-order valence-electron chi connectivity index (χ1n) is 6.56. The molecule has 0 unspecified atom stereocenters. The topological polar surface area (TPSA) is 82.3 Å². The Bertz CT molecular complexity index is 916. The van der Waals surface area contributed by atoms with Gasteiger partial charge in [-0.3, -0.25) is 0 Å². The van der Waals surface area contributed by atoms with Crippen molar-refractivity contribution >= 4 is 67.8 Å². The fourth-order valence-corrected chi connectivity index (χ4v) is 3.51. The summed E-state index contributed by atoms with van der Waals surface area (Å²) >= 11 is 23.7. The summed E-state index contributed by atoms with van der Waals surface area (Å²) in [6.45, 7) is 0. The van der Waals surface area contributed by atoms with E-state index in [2.05, 4.69) is 10.2 Å². The maximum atomic E-state index is 12.0. The van der Waals surface area contributed by atoms with E-state index >= 15 is 0 Å². The summed E-state index contributed by atoms with van der Waals surface area (Å²) in [5.74, 6) is -0.449. The van der Waals surface area contributed by atoms with Crippen molar-refractivity contribution in [1.82, 2.24) is 4.31 Å². The zero-order valence-electron chi connectivity index (χ0n) is 12.8. The Hall–Kier alpha value is -1.09. The van der Waals surface area contributed by atoms with Gasteiger partial charge in [0.05, 0.1) is 20.6 Å². The molecule has 0 atom stereocenters. The molecular formula is C14H11Cl4N3O3S. The van der Waals surface area contributed by atoms with Crippen LogP contribution in [0.2, 0.25) is 20.1 Å². The molecule has 0 aliphatic rings. The summed E-state index contributed by atoms with van der Waals surface area (Å²) in [5.41, 5.74) is 0.339. The Balaban J connectivity index is 2.39. The van der Waals surface area contributed by atoms with Gasteiger partial charge in [-0.25, -0.2) is 12.7 Å². The molecule has 0 heterocycles. The molecule has 2 rings (SSSR count). The maximum absolute atomic E-state index is 12.0. The number of hydrogen-bond acceptors (Lipinski definition) is 5. The maximum Gasteiger partial charge on any atom is 0.242 e. The highest BCUT2D eigenvalue weighted by Crippen LogP contribution is 2.49. The zero-order chi connectivity index (χ0) is 18.9. The largest absolute Gasteiger partial charge is 0.505 e. The van der Waals surface area contributed by atoms with Crippen LogP contribution in [-0.4, -0.2) is 31.9 Å². The van der Waals surface area contributed by atoms with E-state index in [1.54, 1.807) is 0 Å². The van der Waals surface area contributed by atoms with Crippen LogP contribution in [0, 0.1) is 0 Å². The van der Waals surface area contributed by atoms with Gasteiger partial charge in [0.25, 0.3) is 0 Å². The van der Waals surface area contributed by atoms with E-state index in [0.717, 1.165) is 4.31 Å². The summed E-state index contributed by atoms with van der Waals surface area (Å²) in [5, 5.41) is 16.9. The van der Waals surface area contributed by atoms with Gasteiger partial charge >= 0.3 is 0 Å². The fraction of sp³-hybridized carbons (Fsp3) is 0.143. The molecule has 2 aromatic carbocycles. The normalized spacial score (nSPS) is 12.3. The molecule has 25 heavy (non-hydrogen) atoms. The lowest BCUT2D eigenvalue weighted by molar-refractivity contribution is 0.476. The third-order valence-corrected chi connectivity index (χ3v) is 6.59. The quantitative estimate of drug-likeness (QED) is 0.488. The molecule has 0 bridgehead atoms. The summed E-state index contributed by atoms with van der Waals surface area (Å²) in [7, 11) is -0.663. The number of rotatable bonds is 4. The number of benzene rings is 2. The Labute approximate surface area is 164 Å². The highest BCUT2D eigenvalue weighted by atomic mass is 35.5. The van der Waals surface area contributed by atoms with Crippen molar-refractivity contribution < 1.29 is 13.5 Å². The van der Waals surface area contributed by atoms with E-state index in [-0.39, 0.29) is 30.7 Å². The summed E-state index contributed by atoms with van der Waals surface area (Å²) in [6.07, 6.45) is 0. The van der Waals surface area contributed by atoms with E-state index in [4.69, 9.17) is 46.4 Å². The van der Waals surface area contributed by atoms with E-state index in [1.807, 2.05) is 0 Å². The van der Waals surface area contributed by atoms with Gasteiger partial charge in [-0.05, 0) is 24.3 Å². The molecule has 0 aliphatic heterocycles. The lowest BCUT2D eigenvalue weighted by atomic mass is 10.3. The predicted molar refractivity (Wildman–Crippen MR) is 99.6 cm³/mol. The first-order valence-corrected chi connectivity index (χ1v) is 9.51. The van der Waals surface area contributed by atoms with Gasteiger partial charge in [-0.15, -0.1) is 5.11 Å². The van der Waals surface area contributed by atoms with Crippen molar-refractivity contribution in [2.75, 3.05) is 14.1 Å². The second-order valence-corrected chi connectivity index (χ2v) is 8.60. The van der Waals surface area contributed by atoms with Crippen LogP contribution in [0.15, 0.2) is 39.4 Å². The first kappa shape index (κ1) is 20.2. The predicted octanol–water partition coefficient (Wildman–Crippen LogP) is 5.67. The van der Waals surface area contributed by atoms with Crippen LogP contribution in [-0.2, 0) is 10.0 Å². The lowest BCUT2D eigenvalue weighted by Gasteiger charge is -2.11. The van der Waals surface area contributed by atoms with Crippen LogP contribution in [0.1, 0.15) is 0 Å². The van der Waals surface area contributed by atoms with Crippen LogP contribution in [0.4, 0.5) is 11.4 Å². The Morgan fingerprint density at radius 1 is 0.880 bits per heavy atom. The average Bonchev–Trinajstić information content (AvgIpc) is 2.58. The highest BCUT2D eigenvalue weighted by molar-refractivity contribution is 7.89. The number of phenolic OH excluding ortho intramolecular Hbond substituents is 1. The number of azo groups is 1. The number of halogens is 4. The molecule has 2 aromatic rings. The Morgan fingerprint density at radius 3 is 1.80 bits per heavy atom. The molecular weight excluding hydrogens is 432 g/mol. The number of aromatic hydroxyl groups is 1. The van der Waals surface area contributed by atoms with Crippen molar-refractivity contribution in [3.05, 3.63) is 44.4 Å². The molecule has 0 aromatic heterocycles. The first-order chi connectivity index (χ1) is 11.6. The molecule has 0 saturated carbocycles. The van der Waals surface area contributed by atoms with Crippen LogP contribution in [0.25, 0.3) is 0 Å². The Morgan fingerprint density at radius 2 is 1.36 bits per heavy atom. The SMILES string of the molecule is CN(C)S(=O)(=O)c1ccc(N=Nc2c(Cl)c(Cl)c(O)c(Cl)c2Cl)cc1. The van der Waals surface area contributed by atoms with Crippen LogP contribution in [0.3, 0.4) is 0 Å². The van der Waals surface area contributed by atoms with E-state index in [1.165, 1.54) is 38.4 Å². The smallest absolute Gasteiger partial charge is 0.242 e. The van der Waals surface area contributed by atoms with E-state index in [9.17, 15) is 13.5 Å². The number of nitrogens with zero attached hydrogens (tertiary/aromatic N) is 3. The van der Waals surface area contributed by atoms with Gasteiger partial charge in [0.1, 0.15) is 15.7 Å². The molecule has 0 fully saturated rings. The van der Waals surface area contributed by atoms with Gasteiger partial charge in [0, 0.05) is 14.1 Å². The fourth-order valence-electron chi connectivity index (χ4n) is 1.70. The van der Waals surface area contributed by atoms with E-state index in [0.29, 0.717) is 5.69 Å². The van der Waals surface area contributed by atoms with Crippen molar-refractivity contribution in [2.24, 2.45) is 10.2 Å². The minimum atomic E-state index is -3.53. The molecule has 0 aliphatic carbocycles.